The Labute approximate surface area is 350 Å². The molecule has 0 aliphatic carbocycles. The van der Waals surface area contributed by atoms with E-state index in [1.807, 2.05) is 46.0 Å². The minimum atomic E-state index is -4.24. The first-order valence-electron chi connectivity index (χ1n) is 19.6. The smallest absolute Gasteiger partial charge is 0.394 e. The van der Waals surface area contributed by atoms with E-state index in [4.69, 9.17) is 4.98 Å². The molecule has 0 amide bonds. The van der Waals surface area contributed by atoms with E-state index < -0.39 is 11.6 Å². The zero-order chi connectivity index (χ0) is 40.7. The van der Waals surface area contributed by atoms with Gasteiger partial charge in [0.15, 0.2) is 5.78 Å². The summed E-state index contributed by atoms with van der Waals surface area (Å²) in [6.07, 6.45) is 2.52. The number of carbonyl (C=O) groups excluding carboxylic acids is 1. The van der Waals surface area contributed by atoms with E-state index in [0.29, 0.717) is 11.5 Å². The number of halogens is 3. The first-order valence-corrected chi connectivity index (χ1v) is 20.4. The minimum absolute atomic E-state index is 0. The molecule has 0 unspecified atom stereocenters. The summed E-state index contributed by atoms with van der Waals surface area (Å²) in [5.41, 5.74) is 7.67. The van der Waals surface area contributed by atoms with Gasteiger partial charge in [0.25, 0.3) is 0 Å². The van der Waals surface area contributed by atoms with E-state index in [0.717, 1.165) is 59.2 Å². The quantitative estimate of drug-likeness (QED) is 0.0727. The van der Waals surface area contributed by atoms with Crippen LogP contribution < -0.4 is 0 Å². The van der Waals surface area contributed by atoms with Crippen molar-refractivity contribution in [2.24, 2.45) is 17.3 Å². The van der Waals surface area contributed by atoms with Crippen LogP contribution in [0.4, 0.5) is 13.2 Å². The fourth-order valence-corrected chi connectivity index (χ4v) is 8.53. The molecule has 0 bridgehead atoms. The van der Waals surface area contributed by atoms with Gasteiger partial charge >= 0.3 is 6.18 Å². The number of hydrogen-bond donors (Lipinski definition) is 1. The zero-order valence-corrected chi connectivity index (χ0v) is 37.7. The molecule has 1 N–H and O–H groups in total. The molecule has 0 aliphatic rings. The fraction of sp³-hybridized carbons (Fsp3) is 0.417. The molecule has 0 saturated heterocycles. The van der Waals surface area contributed by atoms with Gasteiger partial charge in [-0.25, -0.2) is 0 Å². The van der Waals surface area contributed by atoms with Crippen LogP contribution in [0.1, 0.15) is 109 Å². The number of carbonyl (C=O) groups is 1. The largest absolute Gasteiger partial charge is 0.512 e. The van der Waals surface area contributed by atoms with Gasteiger partial charge in [0.05, 0.1) is 11.2 Å². The maximum atomic E-state index is 13.3. The Morgan fingerprint density at radius 3 is 1.88 bits per heavy atom. The number of nitrogens with zero attached hydrogens (tertiary/aromatic N) is 1. The van der Waals surface area contributed by atoms with Crippen molar-refractivity contribution >= 4 is 27.2 Å². The summed E-state index contributed by atoms with van der Waals surface area (Å²) in [6.45, 7) is 19.2. The van der Waals surface area contributed by atoms with Gasteiger partial charge in [-0.1, -0.05) is 118 Å². The van der Waals surface area contributed by atoms with Gasteiger partial charge in [0.2, 0.25) is 0 Å². The van der Waals surface area contributed by atoms with Crippen molar-refractivity contribution < 1.29 is 43.2 Å². The number of ketones is 1. The van der Waals surface area contributed by atoms with Crippen LogP contribution in [0.25, 0.3) is 42.9 Å². The molecule has 0 aliphatic heterocycles. The van der Waals surface area contributed by atoms with Crippen LogP contribution in [-0.4, -0.2) is 22.1 Å². The van der Waals surface area contributed by atoms with Crippen molar-refractivity contribution in [3.63, 3.8) is 0 Å². The maximum absolute atomic E-state index is 13.3. The van der Waals surface area contributed by atoms with Crippen molar-refractivity contribution in [2.45, 2.75) is 113 Å². The fourth-order valence-electron chi connectivity index (χ4n) is 7.06. The molecule has 303 valence electrons. The van der Waals surface area contributed by atoms with Crippen molar-refractivity contribution in [1.29, 1.82) is 0 Å². The van der Waals surface area contributed by atoms with Gasteiger partial charge < -0.3 is 10.1 Å². The van der Waals surface area contributed by atoms with E-state index in [2.05, 4.69) is 76.2 Å². The Kier molecular flexibility index (Phi) is 16.9. The number of pyridine rings is 1. The molecule has 0 atom stereocenters. The third-order valence-electron chi connectivity index (χ3n) is 10.6. The molecule has 1 radical (unpaired) electrons. The summed E-state index contributed by atoms with van der Waals surface area (Å²) in [7, 11) is 0. The van der Waals surface area contributed by atoms with Crippen molar-refractivity contribution in [3.05, 3.63) is 113 Å². The number of fused-ring (bicyclic) bond motifs is 1. The van der Waals surface area contributed by atoms with Gasteiger partial charge in [-0.2, -0.15) is 13.2 Å². The second kappa shape index (κ2) is 20.2. The average Bonchev–Trinajstić information content (AvgIpc) is 3.53. The predicted molar refractivity (Wildman–Crippen MR) is 226 cm³/mol. The average molecular weight is 961 g/mol. The molecular weight excluding hydrogens is 904 g/mol. The molecule has 8 heteroatoms. The predicted octanol–water partition coefficient (Wildman–Crippen LogP) is 14.8. The normalized spacial score (nSPS) is 12.2. The molecule has 5 rings (SSSR count). The summed E-state index contributed by atoms with van der Waals surface area (Å²) < 4.78 is 41.1. The van der Waals surface area contributed by atoms with Gasteiger partial charge in [-0.15, -0.1) is 46.2 Å². The van der Waals surface area contributed by atoms with E-state index >= 15 is 0 Å². The molecular formula is C48H57F3IrNO2S-. The second-order valence-corrected chi connectivity index (χ2v) is 16.6. The van der Waals surface area contributed by atoms with E-state index in [9.17, 15) is 23.1 Å². The Morgan fingerprint density at radius 2 is 1.38 bits per heavy atom. The molecule has 0 spiro atoms. The van der Waals surface area contributed by atoms with Gasteiger partial charge in [-0.3, -0.25) is 4.79 Å². The SMILES string of the molecule is CCC(CC)C(=O)/C=C(\O)C(CC)CC.Cc1[c-]c(-c2nccc3c(C(C)C)c(-c4ccc(-c5ccc(CC(C)(C)C(F)(F)F)cc5)cc4)sc23)cc(C)c1.[Ir]. The number of hydrogen-bond acceptors (Lipinski definition) is 4. The summed E-state index contributed by atoms with van der Waals surface area (Å²) >= 11 is 1.77. The molecule has 0 saturated carbocycles. The van der Waals surface area contributed by atoms with Gasteiger partial charge in [0.1, 0.15) is 0 Å². The first kappa shape index (κ1) is 46.8. The number of alkyl halides is 3. The van der Waals surface area contributed by atoms with Crippen LogP contribution in [-0.2, 0) is 31.3 Å². The number of aryl methyl sites for hydroxylation is 2. The number of rotatable bonds is 13. The molecule has 56 heavy (non-hydrogen) atoms. The van der Waals surface area contributed by atoms with Crippen LogP contribution in [0, 0.1) is 37.2 Å². The molecule has 0 fully saturated rings. The first-order chi connectivity index (χ1) is 25.9. The Bertz CT molecular complexity index is 2050. The Balaban J connectivity index is 0.000000448. The summed E-state index contributed by atoms with van der Waals surface area (Å²) in [5.74, 6) is 0.876. The number of thiophene rings is 1. The van der Waals surface area contributed by atoms with E-state index in [1.54, 1.807) is 23.5 Å². The van der Waals surface area contributed by atoms with Crippen LogP contribution in [0.15, 0.2) is 84.8 Å². The van der Waals surface area contributed by atoms with Crippen LogP contribution in [0.3, 0.4) is 0 Å². The van der Waals surface area contributed by atoms with E-state index in [-0.39, 0.29) is 49.9 Å². The third-order valence-corrected chi connectivity index (χ3v) is 11.8. The van der Waals surface area contributed by atoms with Gasteiger partial charge in [0, 0.05) is 59.5 Å². The number of allylic oxidation sites excluding steroid dienone is 2. The van der Waals surface area contributed by atoms with Crippen LogP contribution >= 0.6 is 11.3 Å². The van der Waals surface area contributed by atoms with E-state index in [1.165, 1.54) is 46.0 Å². The third kappa shape index (κ3) is 11.3. The molecule has 5 aromatic rings. The second-order valence-electron chi connectivity index (χ2n) is 15.6. The molecule has 3 aromatic carbocycles. The number of benzene rings is 3. The number of aliphatic hydroxyl groups excluding tert-OH is 1. The standard InChI is InChI=1S/C35H33F3NS.C13H24O2.Ir/c1-21(2)30-29-15-16-39-31(28-18-22(3)17-23(4)19-28)33(29)40-32(30)27-13-11-26(12-14-27)25-9-7-24(8-10-25)20-34(5,6)35(36,37)38;1-5-10(6-2)12(14)9-13(15)11(7-3)8-4;/h7-18,21H,20H2,1-6H3;9-11,14H,5-8H2,1-4H3;/q-1;;/b;12-9-;. The Hall–Kier alpha value is -3.58. The van der Waals surface area contributed by atoms with Crippen LogP contribution in [0.5, 0.6) is 0 Å². The number of aromatic nitrogens is 1. The molecule has 2 heterocycles. The Morgan fingerprint density at radius 1 is 0.839 bits per heavy atom. The van der Waals surface area contributed by atoms with Gasteiger partial charge in [-0.05, 0) is 77.3 Å². The zero-order valence-electron chi connectivity index (χ0n) is 34.5. The van der Waals surface area contributed by atoms with Crippen molar-refractivity contribution in [1.82, 2.24) is 4.98 Å². The van der Waals surface area contributed by atoms with Crippen LogP contribution in [0.2, 0.25) is 0 Å². The summed E-state index contributed by atoms with van der Waals surface area (Å²) in [4.78, 5) is 17.7. The maximum Gasteiger partial charge on any atom is 0.394 e. The molecule has 2 aromatic heterocycles. The monoisotopic (exact) mass is 961 g/mol. The topological polar surface area (TPSA) is 50.2 Å². The summed E-state index contributed by atoms with van der Waals surface area (Å²) in [5, 5.41) is 11.0. The molecule has 3 nitrogen and oxygen atoms in total. The van der Waals surface area contributed by atoms with Crippen molar-refractivity contribution in [3.8, 4) is 32.8 Å². The van der Waals surface area contributed by atoms with Crippen molar-refractivity contribution in [2.75, 3.05) is 0 Å². The number of aliphatic hydroxyl groups is 1. The summed E-state index contributed by atoms with van der Waals surface area (Å²) in [6, 6.07) is 25.8. The minimum Gasteiger partial charge on any atom is -0.512 e.